The van der Waals surface area contributed by atoms with E-state index in [0.717, 1.165) is 5.69 Å². The van der Waals surface area contributed by atoms with E-state index in [1.54, 1.807) is 48.8 Å². The number of para-hydroxylation sites is 1. The molecular formula is C31H30FN5O5. The van der Waals surface area contributed by atoms with Crippen LogP contribution in [0.1, 0.15) is 0 Å². The molecule has 1 atom stereocenters. The van der Waals surface area contributed by atoms with Crippen molar-refractivity contribution < 1.29 is 28.2 Å². The number of methoxy groups -OCH3 is 1. The second-order valence-corrected chi connectivity index (χ2v) is 10.1. The lowest BCUT2D eigenvalue weighted by Crippen LogP contribution is -2.46. The summed E-state index contributed by atoms with van der Waals surface area (Å²) < 4.78 is 32.6. The third-order valence-electron chi connectivity index (χ3n) is 6.84. The molecule has 3 heterocycles. The van der Waals surface area contributed by atoms with Crippen molar-refractivity contribution in [3.63, 3.8) is 0 Å². The van der Waals surface area contributed by atoms with Crippen molar-refractivity contribution in [2.45, 2.75) is 6.10 Å². The van der Waals surface area contributed by atoms with Crippen LogP contribution in [-0.2, 0) is 14.4 Å². The summed E-state index contributed by atoms with van der Waals surface area (Å²) in [7, 11) is 5.50. The third kappa shape index (κ3) is 5.52. The fourth-order valence-corrected chi connectivity index (χ4v) is 4.91. The molecule has 11 heteroatoms. The molecule has 2 aliphatic rings. The zero-order chi connectivity index (χ0) is 29.2. The number of fused-ring (bicyclic) bond motifs is 2. The minimum atomic E-state index is -0.635. The van der Waals surface area contributed by atoms with Gasteiger partial charge in [-0.25, -0.2) is 14.2 Å². The number of aromatic nitrogens is 1. The molecule has 1 N–H and O–H groups in total. The molecule has 216 valence electrons. The van der Waals surface area contributed by atoms with E-state index in [1.165, 1.54) is 12.1 Å². The van der Waals surface area contributed by atoms with Crippen LogP contribution in [0.4, 0.5) is 15.8 Å². The Kier molecular flexibility index (Phi) is 7.51. The normalized spacial score (nSPS) is 16.5. The number of rotatable bonds is 8. The lowest BCUT2D eigenvalue weighted by Gasteiger charge is -2.36. The first kappa shape index (κ1) is 27.3. The molecule has 3 aromatic carbocycles. The number of amides is 1. The van der Waals surface area contributed by atoms with Crippen molar-refractivity contribution in [3.05, 3.63) is 96.3 Å². The summed E-state index contributed by atoms with van der Waals surface area (Å²) in [5.41, 5.74) is 2.04. The monoisotopic (exact) mass is 571 g/mol. The van der Waals surface area contributed by atoms with Gasteiger partial charge < -0.3 is 24.4 Å². The van der Waals surface area contributed by atoms with Gasteiger partial charge in [0.25, 0.3) is 5.91 Å². The second-order valence-electron chi connectivity index (χ2n) is 10.1. The standard InChI is InChI=1S/C31H30FN5O5/c1-35(2)17-23-18-36-31(41-23)25(19-40-37(36)21-7-5-4-6-8-21)30(38)34-20-9-12-29(26(32)15-20)42-28-13-14-33-27-16-22(39-3)10-11-24(27)28/h4-16,23H,17-19H2,1-3H3,(H,34,38). The highest BCUT2D eigenvalue weighted by Crippen LogP contribution is 2.35. The molecule has 2 aliphatic heterocycles. The SMILES string of the molecule is COc1ccc2c(Oc3ccc(NC(=O)C4=C5OC(CN(C)C)CN5N(c5ccccc5)OC4)cc3F)ccnc2c1. The molecule has 1 saturated heterocycles. The van der Waals surface area contributed by atoms with E-state index in [1.807, 2.05) is 54.3 Å². The molecular weight excluding hydrogens is 541 g/mol. The van der Waals surface area contributed by atoms with Crippen LogP contribution in [0.25, 0.3) is 10.9 Å². The smallest absolute Gasteiger partial charge is 0.259 e. The van der Waals surface area contributed by atoms with Crippen LogP contribution < -0.4 is 20.0 Å². The fourth-order valence-electron chi connectivity index (χ4n) is 4.91. The lowest BCUT2D eigenvalue weighted by molar-refractivity contribution is -0.115. The van der Waals surface area contributed by atoms with Crippen LogP contribution in [0, 0.1) is 5.82 Å². The Hall–Kier alpha value is -4.87. The van der Waals surface area contributed by atoms with E-state index in [4.69, 9.17) is 19.0 Å². The van der Waals surface area contributed by atoms with E-state index in [0.29, 0.717) is 46.9 Å². The molecule has 1 aromatic heterocycles. The van der Waals surface area contributed by atoms with Gasteiger partial charge in [-0.05, 0) is 56.6 Å². The number of nitrogens with zero attached hydrogens (tertiary/aromatic N) is 4. The first-order valence-corrected chi connectivity index (χ1v) is 13.4. The molecule has 0 radical (unpaired) electrons. The summed E-state index contributed by atoms with van der Waals surface area (Å²) in [6, 6.07) is 20.9. The maximum absolute atomic E-state index is 15.2. The Bertz CT molecular complexity index is 1650. The number of nitrogens with one attached hydrogen (secondary N) is 1. The van der Waals surface area contributed by atoms with Gasteiger partial charge in [-0.2, -0.15) is 5.17 Å². The third-order valence-corrected chi connectivity index (χ3v) is 6.84. The summed E-state index contributed by atoms with van der Waals surface area (Å²) in [6.07, 6.45) is 1.41. The van der Waals surface area contributed by atoms with Gasteiger partial charge in [-0.1, -0.05) is 18.2 Å². The van der Waals surface area contributed by atoms with E-state index < -0.39 is 11.7 Å². The number of likely N-dealkylation sites (N-methyl/N-ethyl adjacent to an activating group) is 1. The maximum Gasteiger partial charge on any atom is 0.259 e. The molecule has 42 heavy (non-hydrogen) atoms. The van der Waals surface area contributed by atoms with E-state index in [9.17, 15) is 4.79 Å². The topological polar surface area (TPSA) is 88.6 Å². The maximum atomic E-state index is 15.2. The van der Waals surface area contributed by atoms with E-state index >= 15 is 4.39 Å². The van der Waals surface area contributed by atoms with Gasteiger partial charge >= 0.3 is 0 Å². The summed E-state index contributed by atoms with van der Waals surface area (Å²) in [6.45, 7) is 1.13. The zero-order valence-corrected chi connectivity index (χ0v) is 23.4. The highest BCUT2D eigenvalue weighted by Gasteiger charge is 2.41. The lowest BCUT2D eigenvalue weighted by atomic mass is 10.2. The van der Waals surface area contributed by atoms with Gasteiger partial charge in [0.1, 0.15) is 29.8 Å². The van der Waals surface area contributed by atoms with Gasteiger partial charge in [0.15, 0.2) is 11.6 Å². The zero-order valence-electron chi connectivity index (χ0n) is 23.4. The van der Waals surface area contributed by atoms with Crippen molar-refractivity contribution in [1.82, 2.24) is 14.9 Å². The molecule has 0 spiro atoms. The molecule has 1 unspecified atom stereocenters. The van der Waals surface area contributed by atoms with Crippen LogP contribution in [0.3, 0.4) is 0 Å². The molecule has 0 bridgehead atoms. The Morgan fingerprint density at radius 2 is 1.93 bits per heavy atom. The minimum Gasteiger partial charge on any atom is -0.497 e. The average molecular weight is 572 g/mol. The Balaban J connectivity index is 1.21. The minimum absolute atomic E-state index is 0.00896. The second kappa shape index (κ2) is 11.6. The van der Waals surface area contributed by atoms with Crippen LogP contribution in [0.5, 0.6) is 17.2 Å². The van der Waals surface area contributed by atoms with Crippen molar-refractivity contribution in [1.29, 1.82) is 0 Å². The Labute approximate surface area is 242 Å². The van der Waals surface area contributed by atoms with Crippen molar-refractivity contribution in [2.75, 3.05) is 51.4 Å². The van der Waals surface area contributed by atoms with Gasteiger partial charge in [0.05, 0.1) is 24.9 Å². The highest BCUT2D eigenvalue weighted by molar-refractivity contribution is 6.04. The molecule has 0 aliphatic carbocycles. The summed E-state index contributed by atoms with van der Waals surface area (Å²) >= 11 is 0. The van der Waals surface area contributed by atoms with Crippen LogP contribution in [-0.4, -0.2) is 67.8 Å². The molecule has 1 amide bonds. The average Bonchev–Trinajstić information content (AvgIpc) is 3.41. The summed E-state index contributed by atoms with van der Waals surface area (Å²) in [4.78, 5) is 25.8. The molecule has 6 rings (SSSR count). The summed E-state index contributed by atoms with van der Waals surface area (Å²) in [5.74, 6) is 0.438. The van der Waals surface area contributed by atoms with Gasteiger partial charge in [0.2, 0.25) is 5.88 Å². The predicted octanol–water partition coefficient (Wildman–Crippen LogP) is 4.95. The van der Waals surface area contributed by atoms with Crippen LogP contribution in [0.2, 0.25) is 0 Å². The number of carbonyl (C=O) groups excluding carboxylic acids is 1. The van der Waals surface area contributed by atoms with Crippen molar-refractivity contribution in [2.24, 2.45) is 0 Å². The van der Waals surface area contributed by atoms with Crippen LogP contribution >= 0.6 is 0 Å². The Morgan fingerprint density at radius 3 is 2.69 bits per heavy atom. The fraction of sp³-hybridized carbons (Fsp3) is 0.226. The number of ether oxygens (including phenoxy) is 3. The van der Waals surface area contributed by atoms with Crippen LogP contribution in [0.15, 0.2) is 90.4 Å². The number of pyridine rings is 1. The molecule has 1 fully saturated rings. The van der Waals surface area contributed by atoms with Crippen molar-refractivity contribution >= 4 is 28.2 Å². The molecule has 0 saturated carbocycles. The number of hydrazine groups is 1. The molecule has 4 aromatic rings. The van der Waals surface area contributed by atoms with E-state index in [-0.39, 0.29) is 24.1 Å². The largest absolute Gasteiger partial charge is 0.497 e. The van der Waals surface area contributed by atoms with Gasteiger partial charge in [-0.3, -0.25) is 9.78 Å². The number of halogens is 1. The van der Waals surface area contributed by atoms with Crippen molar-refractivity contribution in [3.8, 4) is 17.2 Å². The number of hydrogen-bond acceptors (Lipinski definition) is 9. The Morgan fingerprint density at radius 1 is 1.10 bits per heavy atom. The molecule has 10 nitrogen and oxygen atoms in total. The summed E-state index contributed by atoms with van der Waals surface area (Å²) in [5, 5.41) is 6.94. The van der Waals surface area contributed by atoms with E-state index in [2.05, 4.69) is 10.3 Å². The first-order valence-electron chi connectivity index (χ1n) is 13.4. The number of benzene rings is 3. The quantitative estimate of drug-likeness (QED) is 0.316. The number of carbonyl (C=O) groups is 1. The van der Waals surface area contributed by atoms with Gasteiger partial charge in [-0.15, -0.1) is 0 Å². The highest BCUT2D eigenvalue weighted by atomic mass is 19.1. The van der Waals surface area contributed by atoms with Gasteiger partial charge in [0, 0.05) is 35.9 Å². The first-order chi connectivity index (χ1) is 20.4. The number of hydrogen-bond donors (Lipinski definition) is 1. The predicted molar refractivity (Wildman–Crippen MR) is 155 cm³/mol. The number of anilines is 2.